The van der Waals surface area contributed by atoms with Crippen molar-refractivity contribution in [3.8, 4) is 0 Å². The summed E-state index contributed by atoms with van der Waals surface area (Å²) >= 11 is 0. The second-order valence-electron chi connectivity index (χ2n) is 3.92. The van der Waals surface area contributed by atoms with Gasteiger partial charge in [-0.2, -0.15) is 5.10 Å². The van der Waals surface area contributed by atoms with E-state index < -0.39 is 0 Å². The van der Waals surface area contributed by atoms with Crippen LogP contribution in [0, 0.1) is 0 Å². The summed E-state index contributed by atoms with van der Waals surface area (Å²) in [5.74, 6) is 1.00. The minimum atomic E-state index is 0.603. The molecule has 0 spiro atoms. The maximum atomic E-state index is 4.15. The van der Waals surface area contributed by atoms with E-state index in [-0.39, 0.29) is 0 Å². The number of aromatic nitrogens is 2. The molecule has 1 N–H and O–H groups in total. The van der Waals surface area contributed by atoms with Crippen molar-refractivity contribution in [2.45, 2.75) is 25.8 Å². The van der Waals surface area contributed by atoms with Gasteiger partial charge in [-0.1, -0.05) is 6.92 Å². The molecular formula is C11H18N4. The molecule has 4 nitrogen and oxygen atoms in total. The smallest absolute Gasteiger partial charge is 0.151 e. The molecule has 0 radical (unpaired) electrons. The predicted molar refractivity (Wildman–Crippen MR) is 60.9 cm³/mol. The Morgan fingerprint density at radius 2 is 2.53 bits per heavy atom. The average Bonchev–Trinajstić information content (AvgIpc) is 2.31. The van der Waals surface area contributed by atoms with Crippen molar-refractivity contribution in [3.63, 3.8) is 0 Å². The topological polar surface area (TPSA) is 41.0 Å². The van der Waals surface area contributed by atoms with Crippen LogP contribution >= 0.6 is 0 Å². The molecule has 0 unspecified atom stereocenters. The van der Waals surface area contributed by atoms with Crippen molar-refractivity contribution in [2.24, 2.45) is 0 Å². The van der Waals surface area contributed by atoms with E-state index >= 15 is 0 Å². The van der Waals surface area contributed by atoms with Crippen LogP contribution in [0.2, 0.25) is 0 Å². The van der Waals surface area contributed by atoms with Crippen LogP contribution in [0.1, 0.15) is 19.8 Å². The first kappa shape index (κ1) is 10.4. The highest BCUT2D eigenvalue weighted by Crippen LogP contribution is 2.16. The van der Waals surface area contributed by atoms with Crippen LogP contribution in [0.15, 0.2) is 18.3 Å². The molecule has 1 aromatic rings. The lowest BCUT2D eigenvalue weighted by Gasteiger charge is -2.33. The van der Waals surface area contributed by atoms with Crippen LogP contribution in [0.4, 0.5) is 5.82 Å². The first-order valence-electron chi connectivity index (χ1n) is 5.66. The largest absolute Gasteiger partial charge is 0.354 e. The number of piperidine rings is 1. The number of rotatable bonds is 3. The summed E-state index contributed by atoms with van der Waals surface area (Å²) in [5, 5.41) is 11.6. The Labute approximate surface area is 90.7 Å². The molecular weight excluding hydrogens is 188 g/mol. The van der Waals surface area contributed by atoms with Gasteiger partial charge in [-0.25, -0.2) is 0 Å². The quantitative estimate of drug-likeness (QED) is 0.802. The van der Waals surface area contributed by atoms with Gasteiger partial charge in [0.1, 0.15) is 0 Å². The number of likely N-dealkylation sites (N-methyl/N-ethyl adjacent to an activating group) is 1. The van der Waals surface area contributed by atoms with E-state index in [1.165, 1.54) is 12.8 Å². The molecule has 1 aromatic heterocycles. The minimum absolute atomic E-state index is 0.603. The molecule has 1 aliphatic rings. The van der Waals surface area contributed by atoms with Gasteiger partial charge in [-0.15, -0.1) is 5.10 Å². The van der Waals surface area contributed by atoms with Crippen molar-refractivity contribution < 1.29 is 0 Å². The van der Waals surface area contributed by atoms with Crippen molar-refractivity contribution in [3.05, 3.63) is 18.3 Å². The second kappa shape index (κ2) is 5.07. The standard InChI is InChI=1S/C11H18N4/c1-2-12-10-5-4-8-15(9-10)11-6-3-7-13-14-11/h3,6-7,10,12H,2,4-5,8-9H2,1H3/t10-/m0/s1. The third kappa shape index (κ3) is 2.65. The van der Waals surface area contributed by atoms with Gasteiger partial charge < -0.3 is 10.2 Å². The Bertz CT molecular complexity index is 286. The summed E-state index contributed by atoms with van der Waals surface area (Å²) < 4.78 is 0. The van der Waals surface area contributed by atoms with Crippen molar-refractivity contribution >= 4 is 5.82 Å². The molecule has 0 bridgehead atoms. The number of hydrogen-bond acceptors (Lipinski definition) is 4. The number of anilines is 1. The fraction of sp³-hybridized carbons (Fsp3) is 0.636. The molecule has 0 aliphatic carbocycles. The fourth-order valence-corrected chi connectivity index (χ4v) is 2.10. The van der Waals surface area contributed by atoms with Crippen molar-refractivity contribution in [1.82, 2.24) is 15.5 Å². The molecule has 15 heavy (non-hydrogen) atoms. The number of nitrogens with zero attached hydrogens (tertiary/aromatic N) is 3. The van der Waals surface area contributed by atoms with E-state index in [4.69, 9.17) is 0 Å². The Kier molecular flexibility index (Phi) is 3.50. The van der Waals surface area contributed by atoms with Crippen molar-refractivity contribution in [2.75, 3.05) is 24.5 Å². The summed E-state index contributed by atoms with van der Waals surface area (Å²) in [6.45, 7) is 5.34. The van der Waals surface area contributed by atoms with Gasteiger partial charge >= 0.3 is 0 Å². The average molecular weight is 206 g/mol. The van der Waals surface area contributed by atoms with Crippen LogP contribution in [0.5, 0.6) is 0 Å². The Morgan fingerprint density at radius 1 is 1.60 bits per heavy atom. The molecule has 82 valence electrons. The third-order valence-electron chi connectivity index (χ3n) is 2.80. The summed E-state index contributed by atoms with van der Waals surface area (Å²) in [6.07, 6.45) is 4.22. The molecule has 1 aliphatic heterocycles. The van der Waals surface area contributed by atoms with E-state index in [9.17, 15) is 0 Å². The second-order valence-corrected chi connectivity index (χ2v) is 3.92. The molecule has 4 heteroatoms. The van der Waals surface area contributed by atoms with Gasteiger partial charge in [0.05, 0.1) is 0 Å². The van der Waals surface area contributed by atoms with Gasteiger partial charge in [0, 0.05) is 25.3 Å². The highest BCUT2D eigenvalue weighted by Gasteiger charge is 2.19. The first-order valence-corrected chi connectivity index (χ1v) is 5.66. The van der Waals surface area contributed by atoms with Gasteiger partial charge in [-0.05, 0) is 31.5 Å². The lowest BCUT2D eigenvalue weighted by Crippen LogP contribution is -2.46. The maximum absolute atomic E-state index is 4.15. The lowest BCUT2D eigenvalue weighted by atomic mass is 10.1. The summed E-state index contributed by atoms with van der Waals surface area (Å²) in [7, 11) is 0. The van der Waals surface area contributed by atoms with Gasteiger partial charge in [0.25, 0.3) is 0 Å². The lowest BCUT2D eigenvalue weighted by molar-refractivity contribution is 0.429. The number of nitrogens with one attached hydrogen (secondary N) is 1. The van der Waals surface area contributed by atoms with Gasteiger partial charge in [0.15, 0.2) is 5.82 Å². The first-order chi connectivity index (χ1) is 7.40. The maximum Gasteiger partial charge on any atom is 0.151 e. The third-order valence-corrected chi connectivity index (χ3v) is 2.80. The van der Waals surface area contributed by atoms with Crippen LogP contribution in [-0.2, 0) is 0 Å². The molecule has 0 aromatic carbocycles. The predicted octanol–water partition coefficient (Wildman–Crippen LogP) is 1.05. The molecule has 1 fully saturated rings. The van der Waals surface area contributed by atoms with E-state index in [0.29, 0.717) is 6.04 Å². The Morgan fingerprint density at radius 3 is 3.27 bits per heavy atom. The van der Waals surface area contributed by atoms with Crippen LogP contribution in [-0.4, -0.2) is 35.9 Å². The van der Waals surface area contributed by atoms with E-state index in [0.717, 1.165) is 25.5 Å². The van der Waals surface area contributed by atoms with Crippen molar-refractivity contribution in [1.29, 1.82) is 0 Å². The SMILES string of the molecule is CCN[C@H]1CCCN(c2cccnn2)C1. The van der Waals surface area contributed by atoms with Gasteiger partial charge in [-0.3, -0.25) is 0 Å². The van der Waals surface area contributed by atoms with E-state index in [1.807, 2.05) is 12.1 Å². The molecule has 1 saturated heterocycles. The minimum Gasteiger partial charge on any atom is -0.354 e. The highest BCUT2D eigenvalue weighted by atomic mass is 15.3. The summed E-state index contributed by atoms with van der Waals surface area (Å²) in [4.78, 5) is 2.31. The Balaban J connectivity index is 1.98. The normalized spacial score (nSPS) is 21.7. The summed E-state index contributed by atoms with van der Waals surface area (Å²) in [5.41, 5.74) is 0. The van der Waals surface area contributed by atoms with Crippen LogP contribution in [0.3, 0.4) is 0 Å². The molecule has 0 amide bonds. The number of hydrogen-bond donors (Lipinski definition) is 1. The van der Waals surface area contributed by atoms with E-state index in [1.54, 1.807) is 6.20 Å². The Hall–Kier alpha value is -1.16. The molecule has 2 rings (SSSR count). The molecule has 1 atom stereocenters. The van der Waals surface area contributed by atoms with E-state index in [2.05, 4.69) is 27.3 Å². The molecule has 2 heterocycles. The zero-order chi connectivity index (χ0) is 10.5. The fourth-order valence-electron chi connectivity index (χ4n) is 2.10. The highest BCUT2D eigenvalue weighted by molar-refractivity contribution is 5.37. The monoisotopic (exact) mass is 206 g/mol. The van der Waals surface area contributed by atoms with Gasteiger partial charge in [0.2, 0.25) is 0 Å². The van der Waals surface area contributed by atoms with Crippen LogP contribution in [0.25, 0.3) is 0 Å². The summed E-state index contributed by atoms with van der Waals surface area (Å²) in [6, 6.07) is 4.58. The zero-order valence-electron chi connectivity index (χ0n) is 9.19. The van der Waals surface area contributed by atoms with Crippen LogP contribution < -0.4 is 10.2 Å². The zero-order valence-corrected chi connectivity index (χ0v) is 9.19. The molecule has 0 saturated carbocycles.